The van der Waals surface area contributed by atoms with E-state index in [9.17, 15) is 9.59 Å². The largest absolute Gasteiger partial charge is 0.462 e. The van der Waals surface area contributed by atoms with Gasteiger partial charge in [0.15, 0.2) is 5.13 Å². The first-order valence-corrected chi connectivity index (χ1v) is 8.33. The van der Waals surface area contributed by atoms with Crippen molar-refractivity contribution in [2.24, 2.45) is 7.05 Å². The lowest BCUT2D eigenvalue weighted by atomic mass is 10.1. The summed E-state index contributed by atoms with van der Waals surface area (Å²) < 4.78 is 6.89. The number of rotatable bonds is 4. The molecule has 0 saturated carbocycles. The fraction of sp³-hybridized carbons (Fsp3) is 0.235. The predicted octanol–water partition coefficient (Wildman–Crippen LogP) is 3.37. The second kappa shape index (κ2) is 6.45. The van der Waals surface area contributed by atoms with Crippen LogP contribution in [-0.4, -0.2) is 28.0 Å². The lowest BCUT2D eigenvalue weighted by molar-refractivity contribution is 0.0531. The molecule has 0 aliphatic carbocycles. The number of anilines is 1. The molecule has 7 heteroatoms. The molecule has 0 saturated heterocycles. The Morgan fingerprint density at radius 2 is 2.08 bits per heavy atom. The summed E-state index contributed by atoms with van der Waals surface area (Å²) in [6, 6.07) is 7.69. The molecular weight excluding hydrogens is 326 g/mol. The van der Waals surface area contributed by atoms with E-state index in [1.165, 1.54) is 0 Å². The number of nitrogens with zero attached hydrogens (tertiary/aromatic N) is 2. The van der Waals surface area contributed by atoms with E-state index in [1.54, 1.807) is 20.0 Å². The molecule has 1 N–H and O–H groups in total. The summed E-state index contributed by atoms with van der Waals surface area (Å²) in [6.45, 7) is 3.77. The van der Waals surface area contributed by atoms with Gasteiger partial charge in [0.2, 0.25) is 0 Å². The Balaban J connectivity index is 1.87. The fourth-order valence-electron chi connectivity index (χ4n) is 2.52. The van der Waals surface area contributed by atoms with E-state index in [1.807, 2.05) is 35.9 Å². The van der Waals surface area contributed by atoms with Crippen molar-refractivity contribution in [1.82, 2.24) is 9.55 Å². The highest BCUT2D eigenvalue weighted by molar-refractivity contribution is 7.17. The number of hydrogen-bond acceptors (Lipinski definition) is 5. The second-order valence-electron chi connectivity index (χ2n) is 5.28. The smallest absolute Gasteiger partial charge is 0.350 e. The quantitative estimate of drug-likeness (QED) is 0.737. The van der Waals surface area contributed by atoms with Gasteiger partial charge < -0.3 is 9.30 Å². The SMILES string of the molecule is CCOC(=O)c1sc(NC(=O)c2cn(C)c3ccccc23)nc1C. The third-order valence-corrected chi connectivity index (χ3v) is 4.67. The van der Waals surface area contributed by atoms with Crippen molar-refractivity contribution in [3.8, 4) is 0 Å². The van der Waals surface area contributed by atoms with Gasteiger partial charge in [-0.1, -0.05) is 29.5 Å². The molecule has 0 aliphatic heterocycles. The summed E-state index contributed by atoms with van der Waals surface area (Å²) in [6.07, 6.45) is 1.78. The van der Waals surface area contributed by atoms with Crippen LogP contribution < -0.4 is 5.32 Å². The van der Waals surface area contributed by atoms with E-state index >= 15 is 0 Å². The minimum absolute atomic E-state index is 0.254. The summed E-state index contributed by atoms with van der Waals surface area (Å²) in [7, 11) is 1.89. The van der Waals surface area contributed by atoms with Crippen LogP contribution in [0.15, 0.2) is 30.5 Å². The molecule has 124 valence electrons. The standard InChI is InChI=1S/C17H17N3O3S/c1-4-23-16(22)14-10(2)18-17(24-14)19-15(21)12-9-20(3)13-8-6-5-7-11(12)13/h5-9H,4H2,1-3H3,(H,18,19,21). The van der Waals surface area contributed by atoms with Gasteiger partial charge in [0.05, 0.1) is 17.9 Å². The van der Waals surface area contributed by atoms with Gasteiger partial charge in [0.25, 0.3) is 5.91 Å². The molecule has 0 unspecified atom stereocenters. The van der Waals surface area contributed by atoms with Crippen LogP contribution in [0.2, 0.25) is 0 Å². The van der Waals surface area contributed by atoms with Crippen LogP contribution in [0.3, 0.4) is 0 Å². The first-order valence-electron chi connectivity index (χ1n) is 7.51. The predicted molar refractivity (Wildman–Crippen MR) is 93.7 cm³/mol. The third kappa shape index (κ3) is 2.90. The van der Waals surface area contributed by atoms with Gasteiger partial charge in [-0.15, -0.1) is 0 Å². The average Bonchev–Trinajstić information content (AvgIpc) is 3.08. The molecule has 0 aliphatic rings. The zero-order valence-electron chi connectivity index (χ0n) is 13.6. The van der Waals surface area contributed by atoms with E-state index in [0.717, 1.165) is 22.2 Å². The number of aromatic nitrogens is 2. The second-order valence-corrected chi connectivity index (χ2v) is 6.28. The van der Waals surface area contributed by atoms with E-state index in [2.05, 4.69) is 10.3 Å². The van der Waals surface area contributed by atoms with Crippen LogP contribution in [0.25, 0.3) is 10.9 Å². The van der Waals surface area contributed by atoms with Crippen LogP contribution >= 0.6 is 11.3 Å². The topological polar surface area (TPSA) is 73.2 Å². The average molecular weight is 343 g/mol. The number of esters is 1. The van der Waals surface area contributed by atoms with Gasteiger partial charge in [-0.3, -0.25) is 10.1 Å². The number of para-hydroxylation sites is 1. The number of hydrogen-bond donors (Lipinski definition) is 1. The third-order valence-electron chi connectivity index (χ3n) is 3.62. The van der Waals surface area contributed by atoms with Crippen LogP contribution in [0, 0.1) is 6.92 Å². The van der Waals surface area contributed by atoms with Gasteiger partial charge in [0.1, 0.15) is 4.88 Å². The first kappa shape index (κ1) is 16.2. The van der Waals surface area contributed by atoms with Gasteiger partial charge >= 0.3 is 5.97 Å². The zero-order valence-corrected chi connectivity index (χ0v) is 14.4. The Labute approximate surface area is 143 Å². The molecule has 24 heavy (non-hydrogen) atoms. The molecule has 6 nitrogen and oxygen atoms in total. The van der Waals surface area contributed by atoms with Crippen LogP contribution in [0.5, 0.6) is 0 Å². The Morgan fingerprint density at radius 3 is 2.83 bits per heavy atom. The number of nitrogens with one attached hydrogen (secondary N) is 1. The van der Waals surface area contributed by atoms with E-state index < -0.39 is 5.97 Å². The number of carbonyl (C=O) groups excluding carboxylic acids is 2. The molecule has 0 bridgehead atoms. The molecule has 1 amide bonds. The highest BCUT2D eigenvalue weighted by atomic mass is 32.1. The molecule has 0 spiro atoms. The minimum Gasteiger partial charge on any atom is -0.462 e. The van der Waals surface area contributed by atoms with Gasteiger partial charge in [0, 0.05) is 24.1 Å². The highest BCUT2D eigenvalue weighted by Gasteiger charge is 2.19. The van der Waals surface area contributed by atoms with Crippen molar-refractivity contribution in [3.63, 3.8) is 0 Å². The summed E-state index contributed by atoms with van der Waals surface area (Å²) in [4.78, 5) is 29.1. The number of fused-ring (bicyclic) bond motifs is 1. The van der Waals surface area contributed by atoms with E-state index in [0.29, 0.717) is 27.9 Å². The molecule has 1 aromatic carbocycles. The number of carbonyl (C=O) groups is 2. The Hall–Kier alpha value is -2.67. The summed E-state index contributed by atoms with van der Waals surface area (Å²) in [5.41, 5.74) is 2.09. The maximum atomic E-state index is 12.6. The van der Waals surface area contributed by atoms with E-state index in [4.69, 9.17) is 4.74 Å². The molecular formula is C17H17N3O3S. The fourth-order valence-corrected chi connectivity index (χ4v) is 3.38. The summed E-state index contributed by atoms with van der Waals surface area (Å²) in [5.74, 6) is -0.672. The lowest BCUT2D eigenvalue weighted by Gasteiger charge is -2.00. The number of aryl methyl sites for hydroxylation is 2. The Bertz CT molecular complexity index is 926. The molecule has 3 aromatic rings. The van der Waals surface area contributed by atoms with Crippen molar-refractivity contribution in [1.29, 1.82) is 0 Å². The molecule has 2 heterocycles. The molecule has 2 aromatic heterocycles. The van der Waals surface area contributed by atoms with Gasteiger partial charge in [-0.2, -0.15) is 0 Å². The van der Waals surface area contributed by atoms with E-state index in [-0.39, 0.29) is 5.91 Å². The normalized spacial score (nSPS) is 10.8. The molecule has 0 fully saturated rings. The van der Waals surface area contributed by atoms with Crippen molar-refractivity contribution < 1.29 is 14.3 Å². The Kier molecular flexibility index (Phi) is 4.35. The minimum atomic E-state index is -0.418. The highest BCUT2D eigenvalue weighted by Crippen LogP contribution is 2.26. The van der Waals surface area contributed by atoms with Crippen molar-refractivity contribution in [2.45, 2.75) is 13.8 Å². The van der Waals surface area contributed by atoms with Crippen molar-refractivity contribution in [2.75, 3.05) is 11.9 Å². The Morgan fingerprint density at radius 1 is 1.33 bits per heavy atom. The maximum absolute atomic E-state index is 12.6. The number of ether oxygens (including phenoxy) is 1. The van der Waals surface area contributed by atoms with Crippen LogP contribution in [0.1, 0.15) is 32.6 Å². The van der Waals surface area contributed by atoms with Crippen molar-refractivity contribution >= 4 is 39.2 Å². The molecule has 3 rings (SSSR count). The maximum Gasteiger partial charge on any atom is 0.350 e. The first-order chi connectivity index (χ1) is 11.5. The number of benzene rings is 1. The molecule has 0 radical (unpaired) electrons. The number of thiazole rings is 1. The van der Waals surface area contributed by atoms with Gasteiger partial charge in [-0.05, 0) is 19.9 Å². The lowest BCUT2D eigenvalue weighted by Crippen LogP contribution is -2.11. The number of amides is 1. The van der Waals surface area contributed by atoms with Gasteiger partial charge in [-0.25, -0.2) is 9.78 Å². The monoisotopic (exact) mass is 343 g/mol. The zero-order chi connectivity index (χ0) is 17.3. The summed E-state index contributed by atoms with van der Waals surface area (Å²) in [5, 5.41) is 4.02. The van der Waals surface area contributed by atoms with Crippen LogP contribution in [-0.2, 0) is 11.8 Å². The molecule has 0 atom stereocenters. The van der Waals surface area contributed by atoms with Crippen molar-refractivity contribution in [3.05, 3.63) is 46.6 Å². The summed E-state index contributed by atoms with van der Waals surface area (Å²) >= 11 is 1.12. The van der Waals surface area contributed by atoms with Crippen LogP contribution in [0.4, 0.5) is 5.13 Å².